The van der Waals surface area contributed by atoms with Gasteiger partial charge in [0.15, 0.2) is 0 Å². The van der Waals surface area contributed by atoms with Crippen molar-refractivity contribution in [3.05, 3.63) is 71.6 Å². The second kappa shape index (κ2) is 8.24. The maximum atomic E-state index is 11.9. The molecule has 0 unspecified atom stereocenters. The van der Waals surface area contributed by atoms with Gasteiger partial charge in [-0.2, -0.15) is 0 Å². The van der Waals surface area contributed by atoms with Crippen LogP contribution in [-0.4, -0.2) is 22.6 Å². The van der Waals surface area contributed by atoms with E-state index in [1.54, 1.807) is 0 Å². The average Bonchev–Trinajstić information content (AvgIpc) is 3.10. The number of rotatable bonds is 7. The number of nitrogens with one attached hydrogen (secondary N) is 1. The number of hydrogen-bond donors (Lipinski definition) is 1. The van der Waals surface area contributed by atoms with Crippen LogP contribution in [0.2, 0.25) is 0 Å². The molecule has 0 radical (unpaired) electrons. The van der Waals surface area contributed by atoms with E-state index in [1.165, 1.54) is 0 Å². The smallest absolute Gasteiger partial charge is 0.247 e. The molecular weight excluding hydrogens is 314 g/mol. The quantitative estimate of drug-likeness (QED) is 0.719. The highest BCUT2D eigenvalue weighted by molar-refractivity contribution is 5.76. The highest BCUT2D eigenvalue weighted by Crippen LogP contribution is 2.21. The predicted molar refractivity (Wildman–Crippen MR) is 95.9 cm³/mol. The van der Waals surface area contributed by atoms with Gasteiger partial charge in [0.25, 0.3) is 0 Å². The first-order chi connectivity index (χ1) is 12.2. The number of carbonyl (C=O) groups excluding carboxylic acids is 1. The molecule has 0 aliphatic carbocycles. The molecule has 0 saturated carbocycles. The SMILES string of the molecule is Cc1ccccc1-c1nnc(CCNC(=O)CCc2ccccc2)o1. The Kier molecular flexibility index (Phi) is 5.57. The van der Waals surface area contributed by atoms with Gasteiger partial charge in [-0.05, 0) is 30.5 Å². The lowest BCUT2D eigenvalue weighted by Gasteiger charge is -2.04. The molecule has 128 valence electrons. The zero-order valence-electron chi connectivity index (χ0n) is 14.2. The molecule has 3 rings (SSSR count). The molecular formula is C20H21N3O2. The highest BCUT2D eigenvalue weighted by atomic mass is 16.4. The van der Waals surface area contributed by atoms with E-state index in [-0.39, 0.29) is 5.91 Å². The Balaban J connectivity index is 1.45. The molecule has 5 nitrogen and oxygen atoms in total. The van der Waals surface area contributed by atoms with Gasteiger partial charge in [0.05, 0.1) is 0 Å². The van der Waals surface area contributed by atoms with E-state index in [4.69, 9.17) is 4.42 Å². The third-order valence-corrected chi connectivity index (χ3v) is 3.99. The summed E-state index contributed by atoms with van der Waals surface area (Å²) in [5.41, 5.74) is 3.19. The molecule has 0 fully saturated rings. The van der Waals surface area contributed by atoms with Gasteiger partial charge in [-0.1, -0.05) is 48.5 Å². The Morgan fingerprint density at radius 1 is 1.00 bits per heavy atom. The van der Waals surface area contributed by atoms with Crippen LogP contribution >= 0.6 is 0 Å². The van der Waals surface area contributed by atoms with Crippen molar-refractivity contribution in [3.63, 3.8) is 0 Å². The number of hydrogen-bond acceptors (Lipinski definition) is 4. The third kappa shape index (κ3) is 4.76. The van der Waals surface area contributed by atoms with Crippen molar-refractivity contribution >= 4 is 5.91 Å². The van der Waals surface area contributed by atoms with Crippen LogP contribution in [0.5, 0.6) is 0 Å². The second-order valence-corrected chi connectivity index (χ2v) is 5.90. The van der Waals surface area contributed by atoms with Crippen LogP contribution in [0.3, 0.4) is 0 Å². The van der Waals surface area contributed by atoms with Crippen molar-refractivity contribution in [1.82, 2.24) is 15.5 Å². The molecule has 0 atom stereocenters. The van der Waals surface area contributed by atoms with Crippen molar-refractivity contribution in [2.45, 2.75) is 26.2 Å². The first-order valence-electron chi connectivity index (χ1n) is 8.41. The van der Waals surface area contributed by atoms with Gasteiger partial charge < -0.3 is 9.73 Å². The summed E-state index contributed by atoms with van der Waals surface area (Å²) >= 11 is 0. The highest BCUT2D eigenvalue weighted by Gasteiger charge is 2.10. The topological polar surface area (TPSA) is 68.0 Å². The first kappa shape index (κ1) is 16.9. The normalized spacial score (nSPS) is 10.6. The van der Waals surface area contributed by atoms with Crippen molar-refractivity contribution < 1.29 is 9.21 Å². The fourth-order valence-electron chi connectivity index (χ4n) is 2.58. The predicted octanol–water partition coefficient (Wildman–Crippen LogP) is 3.34. The molecule has 0 bridgehead atoms. The van der Waals surface area contributed by atoms with E-state index < -0.39 is 0 Å². The summed E-state index contributed by atoms with van der Waals surface area (Å²) in [6.07, 6.45) is 1.74. The van der Waals surface area contributed by atoms with Gasteiger partial charge in [-0.3, -0.25) is 4.79 Å². The first-order valence-corrected chi connectivity index (χ1v) is 8.41. The van der Waals surface area contributed by atoms with E-state index >= 15 is 0 Å². The maximum absolute atomic E-state index is 11.9. The standard InChI is InChI=1S/C20H21N3O2/c1-15-7-5-6-10-17(15)20-23-22-19(25-20)13-14-21-18(24)12-11-16-8-3-2-4-9-16/h2-10H,11-14H2,1H3,(H,21,24). The van der Waals surface area contributed by atoms with Crippen molar-refractivity contribution in [2.75, 3.05) is 6.54 Å². The van der Waals surface area contributed by atoms with E-state index in [0.29, 0.717) is 31.2 Å². The summed E-state index contributed by atoms with van der Waals surface area (Å²) < 4.78 is 5.69. The van der Waals surface area contributed by atoms with Crippen molar-refractivity contribution in [2.24, 2.45) is 0 Å². The number of nitrogens with zero attached hydrogens (tertiary/aromatic N) is 2. The lowest BCUT2D eigenvalue weighted by molar-refractivity contribution is -0.121. The van der Waals surface area contributed by atoms with Gasteiger partial charge in [0.1, 0.15) is 0 Å². The second-order valence-electron chi connectivity index (χ2n) is 5.90. The zero-order valence-corrected chi connectivity index (χ0v) is 14.2. The van der Waals surface area contributed by atoms with E-state index in [1.807, 2.05) is 61.5 Å². The van der Waals surface area contributed by atoms with Crippen molar-refractivity contribution in [1.29, 1.82) is 0 Å². The van der Waals surface area contributed by atoms with Crippen LogP contribution in [-0.2, 0) is 17.6 Å². The summed E-state index contributed by atoms with van der Waals surface area (Å²) in [7, 11) is 0. The summed E-state index contributed by atoms with van der Waals surface area (Å²) in [4.78, 5) is 11.9. The molecule has 1 aromatic heterocycles. The Morgan fingerprint density at radius 2 is 1.76 bits per heavy atom. The molecule has 5 heteroatoms. The molecule has 3 aromatic rings. The molecule has 0 aliphatic rings. The zero-order chi connectivity index (χ0) is 17.5. The minimum absolute atomic E-state index is 0.0301. The molecule has 0 saturated heterocycles. The monoisotopic (exact) mass is 335 g/mol. The fraction of sp³-hybridized carbons (Fsp3) is 0.250. The largest absolute Gasteiger partial charge is 0.421 e. The van der Waals surface area contributed by atoms with Crippen molar-refractivity contribution in [3.8, 4) is 11.5 Å². The summed E-state index contributed by atoms with van der Waals surface area (Å²) in [6, 6.07) is 17.9. The minimum atomic E-state index is 0.0301. The number of aryl methyl sites for hydroxylation is 2. The van der Waals surface area contributed by atoms with Crippen LogP contribution in [0.4, 0.5) is 0 Å². The molecule has 25 heavy (non-hydrogen) atoms. The molecule has 1 heterocycles. The number of amides is 1. The maximum Gasteiger partial charge on any atom is 0.247 e. The average molecular weight is 335 g/mol. The molecule has 1 N–H and O–H groups in total. The Labute approximate surface area is 147 Å². The van der Waals surface area contributed by atoms with Gasteiger partial charge in [-0.25, -0.2) is 0 Å². The van der Waals surface area contributed by atoms with Gasteiger partial charge in [-0.15, -0.1) is 10.2 Å². The minimum Gasteiger partial charge on any atom is -0.421 e. The van der Waals surface area contributed by atoms with Crippen LogP contribution in [0.25, 0.3) is 11.5 Å². The van der Waals surface area contributed by atoms with E-state index in [0.717, 1.165) is 23.1 Å². The Morgan fingerprint density at radius 3 is 2.56 bits per heavy atom. The van der Waals surface area contributed by atoms with Crippen LogP contribution < -0.4 is 5.32 Å². The molecule has 0 aliphatic heterocycles. The Hall–Kier alpha value is -2.95. The van der Waals surface area contributed by atoms with Gasteiger partial charge >= 0.3 is 0 Å². The van der Waals surface area contributed by atoms with Crippen LogP contribution in [0.1, 0.15) is 23.4 Å². The Bertz CT molecular complexity index is 828. The lowest BCUT2D eigenvalue weighted by Crippen LogP contribution is -2.25. The summed E-state index contributed by atoms with van der Waals surface area (Å²) in [6.45, 7) is 2.50. The van der Waals surface area contributed by atoms with Crippen LogP contribution in [0, 0.1) is 6.92 Å². The van der Waals surface area contributed by atoms with E-state index in [9.17, 15) is 4.79 Å². The van der Waals surface area contributed by atoms with E-state index in [2.05, 4.69) is 15.5 Å². The molecule has 1 amide bonds. The fourth-order valence-corrected chi connectivity index (χ4v) is 2.58. The number of benzene rings is 2. The molecule has 0 spiro atoms. The van der Waals surface area contributed by atoms with Gasteiger partial charge in [0, 0.05) is 24.9 Å². The lowest BCUT2D eigenvalue weighted by atomic mass is 10.1. The number of aromatic nitrogens is 2. The number of carbonyl (C=O) groups is 1. The van der Waals surface area contributed by atoms with Gasteiger partial charge in [0.2, 0.25) is 17.7 Å². The summed E-state index contributed by atoms with van der Waals surface area (Å²) in [5, 5.41) is 11.0. The summed E-state index contributed by atoms with van der Waals surface area (Å²) in [5.74, 6) is 1.08. The van der Waals surface area contributed by atoms with Crippen LogP contribution in [0.15, 0.2) is 59.0 Å². The molecule has 2 aromatic carbocycles. The third-order valence-electron chi connectivity index (χ3n) is 3.99.